The van der Waals surface area contributed by atoms with Crippen LogP contribution in [0.25, 0.3) is 11.4 Å². The molecule has 0 spiro atoms. The molecule has 0 aliphatic heterocycles. The van der Waals surface area contributed by atoms with Gasteiger partial charge in [0.05, 0.1) is 9.93 Å². The van der Waals surface area contributed by atoms with Gasteiger partial charge in [0, 0.05) is 54.0 Å². The second-order valence-electron chi connectivity index (χ2n) is 5.13. The van der Waals surface area contributed by atoms with Gasteiger partial charge in [-0.25, -0.2) is 15.0 Å². The lowest BCUT2D eigenvalue weighted by Gasteiger charge is -2.08. The molecule has 2 heterocycles. The number of hydrogen-bond donors (Lipinski definition) is 1. The predicted octanol–water partition coefficient (Wildman–Crippen LogP) is 3.47. The molecule has 0 radical (unpaired) electrons. The van der Waals surface area contributed by atoms with E-state index in [0.29, 0.717) is 23.8 Å². The van der Waals surface area contributed by atoms with Crippen LogP contribution in [0, 0.1) is 17.0 Å². The molecule has 122 valence electrons. The molecule has 3 rings (SSSR count). The Morgan fingerprint density at radius 2 is 2.17 bits per heavy atom. The largest absolute Gasteiger partial charge is 0.370 e. The molecule has 0 atom stereocenters. The van der Waals surface area contributed by atoms with Crippen molar-refractivity contribution in [2.45, 2.75) is 13.3 Å². The van der Waals surface area contributed by atoms with E-state index >= 15 is 0 Å². The van der Waals surface area contributed by atoms with E-state index < -0.39 is 4.92 Å². The van der Waals surface area contributed by atoms with Crippen LogP contribution >= 0.6 is 11.3 Å². The Morgan fingerprint density at radius 3 is 2.92 bits per heavy atom. The number of nitro benzene ring substituents is 1. The summed E-state index contributed by atoms with van der Waals surface area (Å²) in [5.41, 5.74) is 1.44. The molecule has 0 fully saturated rings. The van der Waals surface area contributed by atoms with Gasteiger partial charge in [0.25, 0.3) is 5.69 Å². The average Bonchev–Trinajstić information content (AvgIpc) is 3.08. The Bertz CT molecular complexity index is 851. The van der Waals surface area contributed by atoms with Crippen LogP contribution in [-0.2, 0) is 6.42 Å². The molecule has 24 heavy (non-hydrogen) atoms. The highest BCUT2D eigenvalue weighted by molar-refractivity contribution is 7.09. The normalized spacial score (nSPS) is 10.5. The minimum absolute atomic E-state index is 0.0240. The first-order valence-electron chi connectivity index (χ1n) is 7.34. The minimum Gasteiger partial charge on any atom is -0.370 e. The Labute approximate surface area is 142 Å². The number of aryl methyl sites for hydroxylation is 1. The summed E-state index contributed by atoms with van der Waals surface area (Å²) in [7, 11) is 0. The van der Waals surface area contributed by atoms with Gasteiger partial charge in [-0.2, -0.15) is 0 Å². The number of rotatable bonds is 6. The van der Waals surface area contributed by atoms with Crippen molar-refractivity contribution in [3.8, 4) is 11.4 Å². The molecule has 7 nitrogen and oxygen atoms in total. The van der Waals surface area contributed by atoms with Crippen LogP contribution in [0.4, 0.5) is 11.5 Å². The molecule has 0 saturated carbocycles. The molecular weight excluding hydrogens is 326 g/mol. The van der Waals surface area contributed by atoms with Gasteiger partial charge in [0.15, 0.2) is 5.82 Å². The van der Waals surface area contributed by atoms with Crippen LogP contribution in [0.15, 0.2) is 41.9 Å². The number of nitrogens with one attached hydrogen (secondary N) is 1. The maximum atomic E-state index is 10.9. The summed E-state index contributed by atoms with van der Waals surface area (Å²) in [6, 6.07) is 8.18. The molecule has 0 aliphatic carbocycles. The van der Waals surface area contributed by atoms with Gasteiger partial charge >= 0.3 is 0 Å². The number of benzene rings is 1. The molecule has 1 N–H and O–H groups in total. The zero-order valence-corrected chi connectivity index (χ0v) is 13.8. The smallest absolute Gasteiger partial charge is 0.270 e. The van der Waals surface area contributed by atoms with Crippen molar-refractivity contribution >= 4 is 22.8 Å². The molecule has 0 amide bonds. The molecule has 0 bridgehead atoms. The third-order valence-corrected chi connectivity index (χ3v) is 4.14. The Morgan fingerprint density at radius 1 is 1.29 bits per heavy atom. The van der Waals surface area contributed by atoms with Gasteiger partial charge in [0.2, 0.25) is 0 Å². The van der Waals surface area contributed by atoms with Gasteiger partial charge in [-0.15, -0.1) is 11.3 Å². The standard InChI is InChI=1S/C16H15N5O2S/c1-11-9-14(17-6-5-15-18-7-8-24-15)20-16(19-11)12-3-2-4-13(10-12)21(22)23/h2-4,7-10H,5-6H2,1H3,(H,17,19,20). The van der Waals surface area contributed by atoms with E-state index in [2.05, 4.69) is 20.3 Å². The summed E-state index contributed by atoms with van der Waals surface area (Å²) in [6.07, 6.45) is 2.60. The summed E-state index contributed by atoms with van der Waals surface area (Å²) in [6.45, 7) is 2.58. The number of anilines is 1. The number of nitro groups is 1. The summed E-state index contributed by atoms with van der Waals surface area (Å²) in [4.78, 5) is 23.6. The fourth-order valence-corrected chi connectivity index (χ4v) is 2.84. The molecule has 0 aliphatic rings. The van der Waals surface area contributed by atoms with Crippen LogP contribution < -0.4 is 5.32 Å². The summed E-state index contributed by atoms with van der Waals surface area (Å²) in [5.74, 6) is 1.16. The highest BCUT2D eigenvalue weighted by Gasteiger charge is 2.10. The van der Waals surface area contributed by atoms with Crippen LogP contribution in [0.5, 0.6) is 0 Å². The molecule has 0 unspecified atom stereocenters. The van der Waals surface area contributed by atoms with Crippen molar-refractivity contribution in [3.05, 3.63) is 62.7 Å². The van der Waals surface area contributed by atoms with Gasteiger partial charge in [-0.1, -0.05) is 12.1 Å². The second kappa shape index (κ2) is 7.14. The third-order valence-electron chi connectivity index (χ3n) is 3.30. The molecular formula is C16H15N5O2S. The first-order chi connectivity index (χ1) is 11.6. The first-order valence-corrected chi connectivity index (χ1v) is 8.22. The van der Waals surface area contributed by atoms with E-state index in [4.69, 9.17) is 0 Å². The summed E-state index contributed by atoms with van der Waals surface area (Å²) < 4.78 is 0. The zero-order valence-electron chi connectivity index (χ0n) is 13.0. The molecule has 1 aromatic carbocycles. The van der Waals surface area contributed by atoms with Gasteiger partial charge in [-0.05, 0) is 6.92 Å². The highest BCUT2D eigenvalue weighted by atomic mass is 32.1. The lowest BCUT2D eigenvalue weighted by Crippen LogP contribution is -2.07. The van der Waals surface area contributed by atoms with E-state index in [1.165, 1.54) is 12.1 Å². The van der Waals surface area contributed by atoms with E-state index in [0.717, 1.165) is 17.1 Å². The maximum Gasteiger partial charge on any atom is 0.270 e. The van der Waals surface area contributed by atoms with Crippen molar-refractivity contribution in [3.63, 3.8) is 0 Å². The van der Waals surface area contributed by atoms with E-state index in [1.54, 1.807) is 29.7 Å². The van der Waals surface area contributed by atoms with Gasteiger partial charge in [0.1, 0.15) is 5.82 Å². The van der Waals surface area contributed by atoms with Crippen LogP contribution in [0.2, 0.25) is 0 Å². The highest BCUT2D eigenvalue weighted by Crippen LogP contribution is 2.22. The molecule has 3 aromatic rings. The van der Waals surface area contributed by atoms with E-state index in [9.17, 15) is 10.1 Å². The SMILES string of the molecule is Cc1cc(NCCc2nccs2)nc(-c2cccc([N+](=O)[O-])c2)n1. The number of thiazole rings is 1. The zero-order chi connectivity index (χ0) is 16.9. The third kappa shape index (κ3) is 3.90. The fourth-order valence-electron chi connectivity index (χ4n) is 2.22. The van der Waals surface area contributed by atoms with E-state index in [1.807, 2.05) is 18.4 Å². The quantitative estimate of drug-likeness (QED) is 0.545. The summed E-state index contributed by atoms with van der Waals surface area (Å²) in [5, 5.41) is 17.2. The minimum atomic E-state index is -0.424. The second-order valence-corrected chi connectivity index (χ2v) is 6.11. The summed E-state index contributed by atoms with van der Waals surface area (Å²) >= 11 is 1.62. The number of hydrogen-bond acceptors (Lipinski definition) is 7. The predicted molar refractivity (Wildman–Crippen MR) is 93.2 cm³/mol. The lowest BCUT2D eigenvalue weighted by atomic mass is 10.2. The van der Waals surface area contributed by atoms with Crippen LogP contribution in [-0.4, -0.2) is 26.4 Å². The molecule has 2 aromatic heterocycles. The maximum absolute atomic E-state index is 10.9. The molecule has 0 saturated heterocycles. The van der Waals surface area contributed by atoms with Crippen LogP contribution in [0.1, 0.15) is 10.7 Å². The first kappa shape index (κ1) is 16.0. The van der Waals surface area contributed by atoms with Crippen molar-refractivity contribution in [1.82, 2.24) is 15.0 Å². The van der Waals surface area contributed by atoms with Crippen LogP contribution in [0.3, 0.4) is 0 Å². The topological polar surface area (TPSA) is 93.8 Å². The number of non-ortho nitro benzene ring substituents is 1. The van der Waals surface area contributed by atoms with E-state index in [-0.39, 0.29) is 5.69 Å². The van der Waals surface area contributed by atoms with Gasteiger partial charge in [-0.3, -0.25) is 10.1 Å². The Kier molecular flexibility index (Phi) is 4.76. The van der Waals surface area contributed by atoms with Crippen molar-refractivity contribution in [2.75, 3.05) is 11.9 Å². The average molecular weight is 341 g/mol. The van der Waals surface area contributed by atoms with Crippen molar-refractivity contribution in [2.24, 2.45) is 0 Å². The number of nitrogens with zero attached hydrogens (tertiary/aromatic N) is 4. The monoisotopic (exact) mass is 341 g/mol. The Balaban J connectivity index is 1.78. The lowest BCUT2D eigenvalue weighted by molar-refractivity contribution is -0.384. The van der Waals surface area contributed by atoms with Crippen molar-refractivity contribution in [1.29, 1.82) is 0 Å². The van der Waals surface area contributed by atoms with Gasteiger partial charge < -0.3 is 5.32 Å². The molecule has 8 heteroatoms. The number of aromatic nitrogens is 3. The Hall–Kier alpha value is -2.87. The van der Waals surface area contributed by atoms with Crippen molar-refractivity contribution < 1.29 is 4.92 Å². The fraction of sp³-hybridized carbons (Fsp3) is 0.188.